The number of carbonyl (C=O) groups is 1. The summed E-state index contributed by atoms with van der Waals surface area (Å²) in [4.78, 5) is 11.6. The smallest absolute Gasteiger partial charge is 0.345 e. The van der Waals surface area contributed by atoms with E-state index in [9.17, 15) is 9.90 Å². The van der Waals surface area contributed by atoms with Crippen molar-refractivity contribution in [3.8, 4) is 5.75 Å². The number of benzene rings is 3. The number of carboxylic acids is 1. The number of hydrogen-bond donors (Lipinski definition) is 1. The van der Waals surface area contributed by atoms with E-state index in [2.05, 4.69) is 0 Å². The van der Waals surface area contributed by atoms with Crippen LogP contribution in [0.25, 0.3) is 10.8 Å². The van der Waals surface area contributed by atoms with Crippen molar-refractivity contribution in [2.24, 2.45) is 0 Å². The van der Waals surface area contributed by atoms with Crippen LogP contribution in [-0.2, 0) is 11.2 Å². The Balaban J connectivity index is 1.85. The predicted octanol–water partition coefficient (Wildman–Crippen LogP) is 4.88. The minimum atomic E-state index is -0.998. The summed E-state index contributed by atoms with van der Waals surface area (Å²) in [6.45, 7) is 1.93. The Morgan fingerprint density at radius 2 is 1.83 bits per heavy atom. The van der Waals surface area contributed by atoms with Gasteiger partial charge in [0.05, 0.1) is 0 Å². The molecule has 0 aliphatic carbocycles. The molecule has 3 rings (SSSR count). The number of carboxylic acid groups (broad SMARTS) is 1. The van der Waals surface area contributed by atoms with Gasteiger partial charge >= 0.3 is 5.97 Å². The summed E-state index contributed by atoms with van der Waals surface area (Å²) in [5.41, 5.74) is 1.86. The van der Waals surface area contributed by atoms with E-state index in [1.165, 1.54) is 0 Å². The number of aryl methyl sites for hydroxylation is 1. The van der Waals surface area contributed by atoms with Crippen LogP contribution in [0.1, 0.15) is 11.1 Å². The molecule has 1 N–H and O–H groups in total. The highest BCUT2D eigenvalue weighted by atomic mass is 35.5. The van der Waals surface area contributed by atoms with Crippen LogP contribution in [0.2, 0.25) is 5.02 Å². The Hall–Kier alpha value is -2.52. The molecule has 3 aromatic carbocycles. The lowest BCUT2D eigenvalue weighted by molar-refractivity contribution is -0.145. The maximum Gasteiger partial charge on any atom is 0.345 e. The second-order valence-electron chi connectivity index (χ2n) is 5.73. The molecule has 24 heavy (non-hydrogen) atoms. The first kappa shape index (κ1) is 16.3. The SMILES string of the molecule is Cc1ccc(Cl)cc1C[C@@H](Oc1ccc2ccccc2c1)C(=O)O. The predicted molar refractivity (Wildman–Crippen MR) is 95.9 cm³/mol. The number of halogens is 1. The van der Waals surface area contributed by atoms with E-state index >= 15 is 0 Å². The first-order valence-electron chi connectivity index (χ1n) is 7.66. The maximum atomic E-state index is 11.6. The maximum absolute atomic E-state index is 11.6. The molecule has 3 nitrogen and oxygen atoms in total. The molecule has 0 aromatic heterocycles. The minimum absolute atomic E-state index is 0.258. The summed E-state index contributed by atoms with van der Waals surface area (Å²) in [6, 6.07) is 18.9. The number of aliphatic carboxylic acids is 1. The Morgan fingerprint density at radius 1 is 1.08 bits per heavy atom. The summed E-state index contributed by atoms with van der Waals surface area (Å²) in [7, 11) is 0. The number of ether oxygens (including phenoxy) is 1. The van der Waals surface area contributed by atoms with Crippen LogP contribution in [0.3, 0.4) is 0 Å². The number of fused-ring (bicyclic) bond motifs is 1. The Kier molecular flexibility index (Phi) is 4.72. The van der Waals surface area contributed by atoms with Crippen LogP contribution >= 0.6 is 11.6 Å². The fourth-order valence-electron chi connectivity index (χ4n) is 2.64. The van der Waals surface area contributed by atoms with Crippen molar-refractivity contribution in [2.75, 3.05) is 0 Å². The normalized spacial score (nSPS) is 12.1. The molecule has 0 saturated carbocycles. The molecule has 0 saturated heterocycles. The van der Waals surface area contributed by atoms with E-state index in [0.717, 1.165) is 21.9 Å². The summed E-state index contributed by atoms with van der Waals surface area (Å²) < 4.78 is 5.74. The van der Waals surface area contributed by atoms with Gasteiger partial charge in [-0.1, -0.05) is 48.0 Å². The molecule has 0 spiro atoms. The third-order valence-electron chi connectivity index (χ3n) is 3.99. The van der Waals surface area contributed by atoms with Gasteiger partial charge < -0.3 is 9.84 Å². The molecule has 0 aliphatic rings. The molecule has 1 atom stereocenters. The van der Waals surface area contributed by atoms with Crippen LogP contribution in [-0.4, -0.2) is 17.2 Å². The van der Waals surface area contributed by atoms with Crippen LogP contribution in [0, 0.1) is 6.92 Å². The van der Waals surface area contributed by atoms with Crippen molar-refractivity contribution in [3.63, 3.8) is 0 Å². The molecule has 4 heteroatoms. The lowest BCUT2D eigenvalue weighted by Crippen LogP contribution is -2.29. The average Bonchev–Trinajstić information content (AvgIpc) is 2.57. The standard InChI is InChI=1S/C20H17ClO3/c1-13-6-8-17(21)10-16(13)12-19(20(22)23)24-18-9-7-14-4-2-3-5-15(14)11-18/h2-11,19H,12H2,1H3,(H,22,23)/t19-/m1/s1. The third kappa shape index (κ3) is 3.69. The zero-order valence-corrected chi connectivity index (χ0v) is 14.0. The molecule has 0 aliphatic heterocycles. The monoisotopic (exact) mass is 340 g/mol. The van der Waals surface area contributed by atoms with Crippen molar-refractivity contribution in [1.82, 2.24) is 0 Å². The van der Waals surface area contributed by atoms with Gasteiger partial charge in [0.15, 0.2) is 6.10 Å². The van der Waals surface area contributed by atoms with Crippen molar-refractivity contribution < 1.29 is 14.6 Å². The minimum Gasteiger partial charge on any atom is -0.478 e. The molecule has 0 fully saturated rings. The molecular formula is C20H17ClO3. The van der Waals surface area contributed by atoms with Gasteiger partial charge in [-0.05, 0) is 53.1 Å². The van der Waals surface area contributed by atoms with Gasteiger partial charge in [0.1, 0.15) is 5.75 Å². The summed E-state index contributed by atoms with van der Waals surface area (Å²) in [5.74, 6) is -0.455. The highest BCUT2D eigenvalue weighted by molar-refractivity contribution is 6.30. The largest absolute Gasteiger partial charge is 0.478 e. The average molecular weight is 341 g/mol. The van der Waals surface area contributed by atoms with Crippen LogP contribution in [0.15, 0.2) is 60.7 Å². The van der Waals surface area contributed by atoms with Gasteiger partial charge in [0.25, 0.3) is 0 Å². The van der Waals surface area contributed by atoms with E-state index in [1.54, 1.807) is 18.2 Å². The fourth-order valence-corrected chi connectivity index (χ4v) is 2.84. The molecule has 3 aromatic rings. The lowest BCUT2D eigenvalue weighted by atomic mass is 10.0. The van der Waals surface area contributed by atoms with Gasteiger partial charge in [-0.2, -0.15) is 0 Å². The van der Waals surface area contributed by atoms with Crippen molar-refractivity contribution in [2.45, 2.75) is 19.4 Å². The molecular weight excluding hydrogens is 324 g/mol. The number of hydrogen-bond acceptors (Lipinski definition) is 2. The summed E-state index contributed by atoms with van der Waals surface area (Å²) >= 11 is 6.02. The zero-order chi connectivity index (χ0) is 17.1. The van der Waals surface area contributed by atoms with Gasteiger partial charge in [0.2, 0.25) is 0 Å². The van der Waals surface area contributed by atoms with E-state index in [4.69, 9.17) is 16.3 Å². The quantitative estimate of drug-likeness (QED) is 0.720. The van der Waals surface area contributed by atoms with Gasteiger partial charge in [-0.3, -0.25) is 0 Å². The topological polar surface area (TPSA) is 46.5 Å². The Bertz CT molecular complexity index is 889. The van der Waals surface area contributed by atoms with E-state index < -0.39 is 12.1 Å². The number of rotatable bonds is 5. The van der Waals surface area contributed by atoms with Crippen molar-refractivity contribution in [1.29, 1.82) is 0 Å². The summed E-state index contributed by atoms with van der Waals surface area (Å²) in [6.07, 6.45) is -0.711. The molecule has 0 radical (unpaired) electrons. The molecule has 0 unspecified atom stereocenters. The van der Waals surface area contributed by atoms with Gasteiger partial charge in [-0.25, -0.2) is 4.79 Å². The highest BCUT2D eigenvalue weighted by Gasteiger charge is 2.21. The zero-order valence-electron chi connectivity index (χ0n) is 13.2. The molecule has 0 bridgehead atoms. The lowest BCUT2D eigenvalue weighted by Gasteiger charge is -2.17. The van der Waals surface area contributed by atoms with Crippen molar-refractivity contribution in [3.05, 3.63) is 76.8 Å². The second kappa shape index (κ2) is 6.93. The van der Waals surface area contributed by atoms with Crippen LogP contribution in [0.5, 0.6) is 5.75 Å². The van der Waals surface area contributed by atoms with E-state index in [1.807, 2.05) is 49.4 Å². The molecule has 0 amide bonds. The van der Waals surface area contributed by atoms with Crippen molar-refractivity contribution >= 4 is 28.3 Å². The second-order valence-corrected chi connectivity index (χ2v) is 6.17. The van der Waals surface area contributed by atoms with Crippen LogP contribution < -0.4 is 4.74 Å². The third-order valence-corrected chi connectivity index (χ3v) is 4.23. The highest BCUT2D eigenvalue weighted by Crippen LogP contribution is 2.23. The van der Waals surface area contributed by atoms with E-state index in [-0.39, 0.29) is 6.42 Å². The Labute approximate surface area is 145 Å². The fraction of sp³-hybridized carbons (Fsp3) is 0.150. The Morgan fingerprint density at radius 3 is 2.58 bits per heavy atom. The van der Waals surface area contributed by atoms with E-state index in [0.29, 0.717) is 10.8 Å². The van der Waals surface area contributed by atoms with Crippen LogP contribution in [0.4, 0.5) is 0 Å². The molecule has 0 heterocycles. The molecule has 122 valence electrons. The van der Waals surface area contributed by atoms with Gasteiger partial charge in [-0.15, -0.1) is 0 Å². The first-order chi connectivity index (χ1) is 11.5. The first-order valence-corrected chi connectivity index (χ1v) is 8.04. The summed E-state index contributed by atoms with van der Waals surface area (Å²) in [5, 5.41) is 12.2. The van der Waals surface area contributed by atoms with Gasteiger partial charge in [0, 0.05) is 11.4 Å².